The molecule has 0 spiro atoms. The van der Waals surface area contributed by atoms with Crippen LogP contribution in [0.3, 0.4) is 0 Å². The van der Waals surface area contributed by atoms with Gasteiger partial charge in [0, 0.05) is 11.3 Å². The van der Waals surface area contributed by atoms with Crippen LogP contribution in [0.4, 0.5) is 5.69 Å². The molecule has 2 aromatic carbocycles. The van der Waals surface area contributed by atoms with Crippen molar-refractivity contribution < 1.29 is 19.4 Å². The van der Waals surface area contributed by atoms with Gasteiger partial charge in [-0.3, -0.25) is 9.59 Å². The van der Waals surface area contributed by atoms with Crippen molar-refractivity contribution in [1.82, 2.24) is 0 Å². The summed E-state index contributed by atoms with van der Waals surface area (Å²) in [6, 6.07) is 12.8. The number of amides is 1. The molecular formula is C22H25NO4. The monoisotopic (exact) mass is 367 g/mol. The molecule has 1 unspecified atom stereocenters. The van der Waals surface area contributed by atoms with Gasteiger partial charge >= 0.3 is 5.97 Å². The standard InChI is InChI=1S/C22H25NO4/c1-3-4-5-12-27-19-10-11-20-17(13-19)14-23(21(20)24)18-8-6-16(7-9-18)15(2)22(25)26/h6-11,13,15H,3-5,12,14H2,1-2H3,(H,25,26). The molecule has 5 heteroatoms. The quantitative estimate of drug-likeness (QED) is 0.692. The van der Waals surface area contributed by atoms with Gasteiger partial charge in [0.1, 0.15) is 5.75 Å². The second kappa shape index (κ2) is 8.25. The van der Waals surface area contributed by atoms with Gasteiger partial charge in [-0.1, -0.05) is 31.9 Å². The van der Waals surface area contributed by atoms with E-state index in [2.05, 4.69) is 6.92 Å². The minimum Gasteiger partial charge on any atom is -0.494 e. The van der Waals surface area contributed by atoms with E-state index in [0.29, 0.717) is 18.7 Å². The highest BCUT2D eigenvalue weighted by Gasteiger charge is 2.29. The predicted molar refractivity (Wildman–Crippen MR) is 104 cm³/mol. The Hall–Kier alpha value is -2.82. The average molecular weight is 367 g/mol. The van der Waals surface area contributed by atoms with Crippen LogP contribution in [0.5, 0.6) is 5.75 Å². The summed E-state index contributed by atoms with van der Waals surface area (Å²) in [6.45, 7) is 4.99. The fourth-order valence-electron chi connectivity index (χ4n) is 3.22. The minimum absolute atomic E-state index is 0.0402. The molecular weight excluding hydrogens is 342 g/mol. The zero-order chi connectivity index (χ0) is 19.4. The first-order chi connectivity index (χ1) is 13.0. The summed E-state index contributed by atoms with van der Waals surface area (Å²) >= 11 is 0. The highest BCUT2D eigenvalue weighted by molar-refractivity contribution is 6.10. The second-order valence-corrected chi connectivity index (χ2v) is 6.92. The van der Waals surface area contributed by atoms with Crippen LogP contribution in [0.15, 0.2) is 42.5 Å². The van der Waals surface area contributed by atoms with Gasteiger partial charge in [0.25, 0.3) is 5.91 Å². The van der Waals surface area contributed by atoms with Crippen LogP contribution in [0.2, 0.25) is 0 Å². The fraction of sp³-hybridized carbons (Fsp3) is 0.364. The number of carbonyl (C=O) groups excluding carboxylic acids is 1. The Morgan fingerprint density at radius 2 is 1.93 bits per heavy atom. The Morgan fingerprint density at radius 1 is 1.19 bits per heavy atom. The van der Waals surface area contributed by atoms with Crippen LogP contribution in [-0.2, 0) is 11.3 Å². The summed E-state index contributed by atoms with van der Waals surface area (Å²) in [5, 5.41) is 9.12. The molecule has 2 aromatic rings. The Bertz CT molecular complexity index is 829. The topological polar surface area (TPSA) is 66.8 Å². The molecule has 0 aliphatic carbocycles. The molecule has 0 radical (unpaired) electrons. The van der Waals surface area contributed by atoms with Gasteiger partial charge in [-0.2, -0.15) is 0 Å². The van der Waals surface area contributed by atoms with Gasteiger partial charge in [0.05, 0.1) is 19.1 Å². The van der Waals surface area contributed by atoms with Crippen LogP contribution in [0, 0.1) is 0 Å². The third-order valence-electron chi connectivity index (χ3n) is 4.97. The lowest BCUT2D eigenvalue weighted by molar-refractivity contribution is -0.138. The highest BCUT2D eigenvalue weighted by Crippen LogP contribution is 2.31. The van der Waals surface area contributed by atoms with Gasteiger partial charge in [-0.25, -0.2) is 0 Å². The lowest BCUT2D eigenvalue weighted by Gasteiger charge is -2.16. The third kappa shape index (κ3) is 4.13. The molecule has 1 atom stereocenters. The van der Waals surface area contributed by atoms with E-state index in [1.807, 2.05) is 18.2 Å². The first-order valence-electron chi connectivity index (χ1n) is 9.41. The van der Waals surface area contributed by atoms with Crippen molar-refractivity contribution in [1.29, 1.82) is 0 Å². The number of carbonyl (C=O) groups is 2. The minimum atomic E-state index is -0.862. The summed E-state index contributed by atoms with van der Waals surface area (Å²) in [5.74, 6) is -0.677. The summed E-state index contributed by atoms with van der Waals surface area (Å²) in [6.07, 6.45) is 3.33. The first kappa shape index (κ1) is 19.0. The molecule has 27 heavy (non-hydrogen) atoms. The molecule has 0 aromatic heterocycles. The number of aliphatic carboxylic acids is 1. The maximum absolute atomic E-state index is 12.7. The van der Waals surface area contributed by atoms with Gasteiger partial charge in [-0.15, -0.1) is 0 Å². The molecule has 0 fully saturated rings. The summed E-state index contributed by atoms with van der Waals surface area (Å²) in [4.78, 5) is 25.5. The Kier molecular flexibility index (Phi) is 5.79. The molecule has 1 heterocycles. The SMILES string of the molecule is CCCCCOc1ccc2c(c1)CN(c1ccc(C(C)C(=O)O)cc1)C2=O. The molecule has 0 bridgehead atoms. The van der Waals surface area contributed by atoms with Gasteiger partial charge in [0.2, 0.25) is 0 Å². The first-order valence-corrected chi connectivity index (χ1v) is 9.41. The average Bonchev–Trinajstić information content (AvgIpc) is 3.01. The number of nitrogens with zero attached hydrogens (tertiary/aromatic N) is 1. The van der Waals surface area contributed by atoms with Crippen molar-refractivity contribution in [3.8, 4) is 5.75 Å². The maximum atomic E-state index is 12.7. The second-order valence-electron chi connectivity index (χ2n) is 6.92. The van der Waals surface area contributed by atoms with E-state index >= 15 is 0 Å². The van der Waals surface area contributed by atoms with E-state index in [-0.39, 0.29) is 5.91 Å². The summed E-state index contributed by atoms with van der Waals surface area (Å²) < 4.78 is 5.79. The number of hydrogen-bond donors (Lipinski definition) is 1. The van der Waals surface area contributed by atoms with E-state index < -0.39 is 11.9 Å². The van der Waals surface area contributed by atoms with Crippen molar-refractivity contribution in [2.75, 3.05) is 11.5 Å². The Morgan fingerprint density at radius 3 is 2.59 bits per heavy atom. The molecule has 142 valence electrons. The van der Waals surface area contributed by atoms with Crippen molar-refractivity contribution in [3.63, 3.8) is 0 Å². The Balaban J connectivity index is 1.71. The molecule has 3 rings (SSSR count). The van der Waals surface area contributed by atoms with E-state index in [1.54, 1.807) is 36.1 Å². The van der Waals surface area contributed by atoms with Crippen LogP contribution >= 0.6 is 0 Å². The van der Waals surface area contributed by atoms with Crippen LogP contribution < -0.4 is 9.64 Å². The fourth-order valence-corrected chi connectivity index (χ4v) is 3.22. The van der Waals surface area contributed by atoms with Crippen molar-refractivity contribution >= 4 is 17.6 Å². The van der Waals surface area contributed by atoms with Crippen LogP contribution in [-0.4, -0.2) is 23.6 Å². The number of anilines is 1. The van der Waals surface area contributed by atoms with E-state index in [4.69, 9.17) is 9.84 Å². The highest BCUT2D eigenvalue weighted by atomic mass is 16.5. The molecule has 0 saturated heterocycles. The zero-order valence-electron chi connectivity index (χ0n) is 15.8. The lowest BCUT2D eigenvalue weighted by atomic mass is 10.0. The molecule has 5 nitrogen and oxygen atoms in total. The smallest absolute Gasteiger partial charge is 0.310 e. The van der Waals surface area contributed by atoms with Gasteiger partial charge in [0.15, 0.2) is 0 Å². The molecule has 1 amide bonds. The third-order valence-corrected chi connectivity index (χ3v) is 4.97. The Labute approximate surface area is 159 Å². The number of benzene rings is 2. The summed E-state index contributed by atoms with van der Waals surface area (Å²) in [7, 11) is 0. The number of rotatable bonds is 8. The lowest BCUT2D eigenvalue weighted by Crippen LogP contribution is -2.23. The normalized spacial score (nSPS) is 14.1. The number of carboxylic acids is 1. The van der Waals surface area contributed by atoms with Crippen LogP contribution in [0.25, 0.3) is 0 Å². The molecule has 1 N–H and O–H groups in total. The number of fused-ring (bicyclic) bond motifs is 1. The van der Waals surface area contributed by atoms with Crippen LogP contribution in [0.1, 0.15) is 60.5 Å². The zero-order valence-corrected chi connectivity index (χ0v) is 15.8. The van der Waals surface area contributed by atoms with E-state index in [1.165, 1.54) is 0 Å². The largest absolute Gasteiger partial charge is 0.494 e. The number of carboxylic acid groups (broad SMARTS) is 1. The van der Waals surface area contributed by atoms with Gasteiger partial charge in [-0.05, 0) is 54.8 Å². The number of unbranched alkanes of at least 4 members (excludes halogenated alkanes) is 2. The number of hydrogen-bond acceptors (Lipinski definition) is 3. The maximum Gasteiger partial charge on any atom is 0.310 e. The molecule has 1 aliphatic rings. The molecule has 0 saturated carbocycles. The molecule has 1 aliphatic heterocycles. The predicted octanol–water partition coefficient (Wildman–Crippen LogP) is 4.60. The van der Waals surface area contributed by atoms with Crippen molar-refractivity contribution in [3.05, 3.63) is 59.2 Å². The summed E-state index contributed by atoms with van der Waals surface area (Å²) in [5.41, 5.74) is 3.14. The van der Waals surface area contributed by atoms with Crippen molar-refractivity contribution in [2.45, 2.75) is 45.6 Å². The van der Waals surface area contributed by atoms with Crippen molar-refractivity contribution in [2.24, 2.45) is 0 Å². The number of ether oxygens (including phenoxy) is 1. The van der Waals surface area contributed by atoms with E-state index in [0.717, 1.165) is 41.8 Å². The van der Waals surface area contributed by atoms with E-state index in [9.17, 15) is 9.59 Å². The van der Waals surface area contributed by atoms with Gasteiger partial charge < -0.3 is 14.7 Å².